The topological polar surface area (TPSA) is 64.1 Å². The van der Waals surface area contributed by atoms with Crippen molar-refractivity contribution in [2.75, 3.05) is 26.2 Å². The number of piperidine rings is 1. The zero-order valence-corrected chi connectivity index (χ0v) is 13.2. The standard InChI is InChI=1S/C18H31N3/c19-11-4-9-18(10-12-20,17-7-13-21-14-8-17)15-16-5-2-1-3-6-16/h1-3,5-6,17,21H,4,7-15,19-20H2. The van der Waals surface area contributed by atoms with Crippen LogP contribution in [0.25, 0.3) is 0 Å². The third-order valence-electron chi connectivity index (χ3n) is 5.13. The molecule has 5 N–H and O–H groups in total. The van der Waals surface area contributed by atoms with E-state index in [1.807, 2.05) is 0 Å². The summed E-state index contributed by atoms with van der Waals surface area (Å²) in [6.45, 7) is 3.86. The van der Waals surface area contributed by atoms with Gasteiger partial charge in [-0.25, -0.2) is 0 Å². The van der Waals surface area contributed by atoms with E-state index in [0.717, 1.165) is 51.4 Å². The van der Waals surface area contributed by atoms with E-state index in [1.165, 1.54) is 24.8 Å². The molecule has 1 aromatic rings. The van der Waals surface area contributed by atoms with Crippen molar-refractivity contribution in [3.05, 3.63) is 35.9 Å². The van der Waals surface area contributed by atoms with Gasteiger partial charge in [0.05, 0.1) is 0 Å². The zero-order chi connectivity index (χ0) is 15.0. The van der Waals surface area contributed by atoms with Crippen LogP contribution in [0.3, 0.4) is 0 Å². The quantitative estimate of drug-likeness (QED) is 0.688. The monoisotopic (exact) mass is 289 g/mol. The van der Waals surface area contributed by atoms with Gasteiger partial charge in [0.1, 0.15) is 0 Å². The lowest BCUT2D eigenvalue weighted by molar-refractivity contribution is 0.0978. The van der Waals surface area contributed by atoms with Gasteiger partial charge in [-0.05, 0) is 81.6 Å². The molecule has 3 heteroatoms. The Bertz CT molecular complexity index is 387. The summed E-state index contributed by atoms with van der Waals surface area (Å²) in [6.07, 6.45) is 7.13. The van der Waals surface area contributed by atoms with E-state index in [2.05, 4.69) is 35.6 Å². The molecule has 0 radical (unpaired) electrons. The Kier molecular flexibility index (Phi) is 6.68. The molecule has 1 heterocycles. The zero-order valence-electron chi connectivity index (χ0n) is 13.2. The van der Waals surface area contributed by atoms with Gasteiger partial charge >= 0.3 is 0 Å². The Hall–Kier alpha value is -0.900. The molecule has 1 aromatic carbocycles. The lowest BCUT2D eigenvalue weighted by atomic mass is 9.63. The van der Waals surface area contributed by atoms with Crippen LogP contribution < -0.4 is 16.8 Å². The lowest BCUT2D eigenvalue weighted by Crippen LogP contribution is -2.42. The fraction of sp³-hybridized carbons (Fsp3) is 0.667. The second kappa shape index (κ2) is 8.52. The Morgan fingerprint density at radius 1 is 1.00 bits per heavy atom. The average molecular weight is 289 g/mol. The first-order valence-electron chi connectivity index (χ1n) is 8.45. The lowest BCUT2D eigenvalue weighted by Gasteiger charge is -2.43. The van der Waals surface area contributed by atoms with Crippen LogP contribution in [0.1, 0.15) is 37.7 Å². The molecule has 2 rings (SSSR count). The molecular formula is C18H31N3. The molecule has 0 aromatic heterocycles. The number of nitrogens with one attached hydrogen (secondary N) is 1. The highest BCUT2D eigenvalue weighted by atomic mass is 14.9. The van der Waals surface area contributed by atoms with Gasteiger partial charge in [-0.3, -0.25) is 0 Å². The van der Waals surface area contributed by atoms with E-state index in [0.29, 0.717) is 5.41 Å². The number of hydrogen-bond donors (Lipinski definition) is 3. The van der Waals surface area contributed by atoms with Crippen molar-refractivity contribution in [2.45, 2.75) is 38.5 Å². The third-order valence-corrected chi connectivity index (χ3v) is 5.13. The van der Waals surface area contributed by atoms with Crippen molar-refractivity contribution in [3.8, 4) is 0 Å². The van der Waals surface area contributed by atoms with Crippen molar-refractivity contribution in [1.82, 2.24) is 5.32 Å². The van der Waals surface area contributed by atoms with Gasteiger partial charge in [-0.1, -0.05) is 30.3 Å². The fourth-order valence-corrected chi connectivity index (χ4v) is 4.03. The maximum atomic E-state index is 6.00. The highest BCUT2D eigenvalue weighted by Crippen LogP contribution is 2.43. The van der Waals surface area contributed by atoms with E-state index in [1.54, 1.807) is 0 Å². The molecule has 1 aliphatic rings. The molecular weight excluding hydrogens is 258 g/mol. The minimum Gasteiger partial charge on any atom is -0.330 e. The smallest absolute Gasteiger partial charge is 0.00461 e. The predicted molar refractivity (Wildman–Crippen MR) is 90.1 cm³/mol. The molecule has 0 spiro atoms. The summed E-state index contributed by atoms with van der Waals surface area (Å²) in [6, 6.07) is 10.9. The van der Waals surface area contributed by atoms with E-state index in [9.17, 15) is 0 Å². The van der Waals surface area contributed by atoms with Gasteiger partial charge < -0.3 is 16.8 Å². The summed E-state index contributed by atoms with van der Waals surface area (Å²) in [5.41, 5.74) is 13.6. The summed E-state index contributed by atoms with van der Waals surface area (Å²) in [7, 11) is 0. The fourth-order valence-electron chi connectivity index (χ4n) is 4.03. The summed E-state index contributed by atoms with van der Waals surface area (Å²) < 4.78 is 0. The number of rotatable bonds is 8. The van der Waals surface area contributed by atoms with Crippen LogP contribution in [0.5, 0.6) is 0 Å². The SMILES string of the molecule is NCCCC(CCN)(Cc1ccccc1)C1CCNCC1. The number of benzene rings is 1. The molecule has 21 heavy (non-hydrogen) atoms. The first-order chi connectivity index (χ1) is 10.3. The highest BCUT2D eigenvalue weighted by molar-refractivity contribution is 5.17. The Morgan fingerprint density at radius 2 is 1.71 bits per heavy atom. The predicted octanol–water partition coefficient (Wildman–Crippen LogP) is 2.30. The molecule has 1 unspecified atom stereocenters. The molecule has 3 nitrogen and oxygen atoms in total. The van der Waals surface area contributed by atoms with Gasteiger partial charge in [-0.15, -0.1) is 0 Å². The molecule has 0 amide bonds. The van der Waals surface area contributed by atoms with Crippen LogP contribution in [-0.4, -0.2) is 26.2 Å². The van der Waals surface area contributed by atoms with E-state index >= 15 is 0 Å². The molecule has 0 bridgehead atoms. The largest absolute Gasteiger partial charge is 0.330 e. The van der Waals surface area contributed by atoms with Crippen LogP contribution in [-0.2, 0) is 6.42 Å². The second-order valence-electron chi connectivity index (χ2n) is 6.48. The molecule has 1 saturated heterocycles. The maximum absolute atomic E-state index is 6.00. The van der Waals surface area contributed by atoms with Crippen LogP contribution >= 0.6 is 0 Å². The number of hydrogen-bond acceptors (Lipinski definition) is 3. The van der Waals surface area contributed by atoms with E-state index in [-0.39, 0.29) is 0 Å². The van der Waals surface area contributed by atoms with Crippen LogP contribution in [0, 0.1) is 11.3 Å². The highest BCUT2D eigenvalue weighted by Gasteiger charge is 2.37. The molecule has 1 fully saturated rings. The van der Waals surface area contributed by atoms with Crippen molar-refractivity contribution < 1.29 is 0 Å². The third kappa shape index (κ3) is 4.53. The van der Waals surface area contributed by atoms with Gasteiger partial charge in [0, 0.05) is 0 Å². The van der Waals surface area contributed by atoms with Crippen molar-refractivity contribution in [2.24, 2.45) is 22.8 Å². The summed E-state index contributed by atoms with van der Waals surface area (Å²) in [5, 5.41) is 3.49. The van der Waals surface area contributed by atoms with E-state index in [4.69, 9.17) is 11.5 Å². The summed E-state index contributed by atoms with van der Waals surface area (Å²) in [5.74, 6) is 0.772. The average Bonchev–Trinajstić information content (AvgIpc) is 2.55. The molecule has 1 aliphatic heterocycles. The Balaban J connectivity index is 2.20. The van der Waals surface area contributed by atoms with Crippen LogP contribution in [0.4, 0.5) is 0 Å². The van der Waals surface area contributed by atoms with Gasteiger partial charge in [0.25, 0.3) is 0 Å². The Morgan fingerprint density at radius 3 is 2.33 bits per heavy atom. The Labute approximate surface area is 129 Å². The van der Waals surface area contributed by atoms with Crippen LogP contribution in [0.15, 0.2) is 30.3 Å². The first-order valence-corrected chi connectivity index (χ1v) is 8.45. The maximum Gasteiger partial charge on any atom is -0.00461 e. The number of nitrogens with two attached hydrogens (primary N) is 2. The van der Waals surface area contributed by atoms with Crippen molar-refractivity contribution >= 4 is 0 Å². The second-order valence-corrected chi connectivity index (χ2v) is 6.48. The minimum atomic E-state index is 0.331. The molecule has 0 aliphatic carbocycles. The van der Waals surface area contributed by atoms with Gasteiger partial charge in [-0.2, -0.15) is 0 Å². The van der Waals surface area contributed by atoms with Gasteiger partial charge in [0.15, 0.2) is 0 Å². The normalized spacial score (nSPS) is 19.3. The van der Waals surface area contributed by atoms with Gasteiger partial charge in [0.2, 0.25) is 0 Å². The molecule has 0 saturated carbocycles. The molecule has 118 valence electrons. The minimum absolute atomic E-state index is 0.331. The summed E-state index contributed by atoms with van der Waals surface area (Å²) >= 11 is 0. The van der Waals surface area contributed by atoms with Crippen molar-refractivity contribution in [3.63, 3.8) is 0 Å². The first kappa shape index (κ1) is 16.5. The molecule has 1 atom stereocenters. The van der Waals surface area contributed by atoms with Crippen LogP contribution in [0.2, 0.25) is 0 Å². The van der Waals surface area contributed by atoms with E-state index < -0.39 is 0 Å². The summed E-state index contributed by atoms with van der Waals surface area (Å²) in [4.78, 5) is 0. The van der Waals surface area contributed by atoms with Crippen molar-refractivity contribution in [1.29, 1.82) is 0 Å².